The van der Waals surface area contributed by atoms with Crippen molar-refractivity contribution in [2.24, 2.45) is 7.05 Å². The van der Waals surface area contributed by atoms with Crippen LogP contribution in [0.15, 0.2) is 23.5 Å². The van der Waals surface area contributed by atoms with Gasteiger partial charge in [0.05, 0.1) is 11.7 Å². The van der Waals surface area contributed by atoms with Crippen LogP contribution in [0.3, 0.4) is 0 Å². The molecule has 3 aromatic heterocycles. The standard InChI is InChI=1S/C14H17N7O2S/c1-9-11-6-10(7-15-13(11)20(2)18-9)24(22,23)19-12-4-3-5-21-14(12)16-8-17-21/h6-8,12,19H,3-5H2,1-2H3/t12-/m0/s1. The zero-order chi connectivity index (χ0) is 16.9. The second-order valence-corrected chi connectivity index (χ2v) is 7.62. The summed E-state index contributed by atoms with van der Waals surface area (Å²) in [6.07, 6.45) is 4.36. The van der Waals surface area contributed by atoms with E-state index in [9.17, 15) is 8.42 Å². The van der Waals surface area contributed by atoms with Crippen LogP contribution in [-0.2, 0) is 23.6 Å². The predicted molar refractivity (Wildman–Crippen MR) is 85.6 cm³/mol. The molecule has 1 aliphatic heterocycles. The van der Waals surface area contributed by atoms with E-state index in [0.717, 1.165) is 24.0 Å². The fraction of sp³-hybridized carbons (Fsp3) is 0.429. The molecule has 1 N–H and O–H groups in total. The van der Waals surface area contributed by atoms with Crippen molar-refractivity contribution in [1.29, 1.82) is 0 Å². The van der Waals surface area contributed by atoms with E-state index in [1.807, 2.05) is 6.92 Å². The molecule has 0 aliphatic carbocycles. The lowest BCUT2D eigenvalue weighted by Crippen LogP contribution is -2.33. The topological polar surface area (TPSA) is 108 Å². The van der Waals surface area contributed by atoms with Crippen LogP contribution in [0, 0.1) is 6.92 Å². The first-order chi connectivity index (χ1) is 11.5. The molecule has 4 rings (SSSR count). The SMILES string of the molecule is Cc1nn(C)c2ncc(S(=O)(=O)N[C@H]3CCCn4ncnc43)cc12. The zero-order valence-corrected chi connectivity index (χ0v) is 14.2. The van der Waals surface area contributed by atoms with Crippen molar-refractivity contribution < 1.29 is 8.42 Å². The average Bonchev–Trinajstić information content (AvgIpc) is 3.13. The Morgan fingerprint density at radius 3 is 3.00 bits per heavy atom. The van der Waals surface area contributed by atoms with Gasteiger partial charge in [-0.1, -0.05) is 0 Å². The van der Waals surface area contributed by atoms with Gasteiger partial charge in [-0.3, -0.25) is 4.68 Å². The minimum atomic E-state index is -3.71. The maximum atomic E-state index is 12.8. The molecule has 0 aromatic carbocycles. The van der Waals surface area contributed by atoms with E-state index in [2.05, 4.69) is 24.9 Å². The number of nitrogens with zero attached hydrogens (tertiary/aromatic N) is 6. The first-order valence-electron chi connectivity index (χ1n) is 7.65. The van der Waals surface area contributed by atoms with E-state index in [-0.39, 0.29) is 10.9 Å². The second kappa shape index (κ2) is 5.35. The molecule has 0 bridgehead atoms. The average molecular weight is 347 g/mol. The minimum absolute atomic E-state index is 0.128. The molecule has 4 heterocycles. The summed E-state index contributed by atoms with van der Waals surface area (Å²) in [4.78, 5) is 8.55. The van der Waals surface area contributed by atoms with Crippen LogP contribution in [0.1, 0.15) is 30.4 Å². The van der Waals surface area contributed by atoms with Gasteiger partial charge < -0.3 is 0 Å². The highest BCUT2D eigenvalue weighted by Crippen LogP contribution is 2.25. The molecule has 0 spiro atoms. The number of sulfonamides is 1. The van der Waals surface area contributed by atoms with Crippen LogP contribution < -0.4 is 4.72 Å². The summed E-state index contributed by atoms with van der Waals surface area (Å²) in [5.74, 6) is 0.649. The number of pyridine rings is 1. The molecule has 0 radical (unpaired) electrons. The number of nitrogens with one attached hydrogen (secondary N) is 1. The Morgan fingerprint density at radius 2 is 2.17 bits per heavy atom. The van der Waals surface area contributed by atoms with Gasteiger partial charge in [-0.2, -0.15) is 10.2 Å². The summed E-state index contributed by atoms with van der Waals surface area (Å²) >= 11 is 0. The Morgan fingerprint density at radius 1 is 1.33 bits per heavy atom. The molecule has 0 saturated carbocycles. The normalized spacial score (nSPS) is 18.0. The Balaban J connectivity index is 1.70. The molecule has 1 atom stereocenters. The highest BCUT2D eigenvalue weighted by molar-refractivity contribution is 7.89. The number of aromatic nitrogens is 6. The summed E-state index contributed by atoms with van der Waals surface area (Å²) in [5.41, 5.74) is 1.40. The van der Waals surface area contributed by atoms with Crippen LogP contribution in [0.4, 0.5) is 0 Å². The maximum Gasteiger partial charge on any atom is 0.242 e. The van der Waals surface area contributed by atoms with Gasteiger partial charge in [0.2, 0.25) is 10.0 Å². The van der Waals surface area contributed by atoms with Crippen molar-refractivity contribution in [3.8, 4) is 0 Å². The van der Waals surface area contributed by atoms with Gasteiger partial charge in [0.25, 0.3) is 0 Å². The first kappa shape index (κ1) is 15.2. The molecule has 10 heteroatoms. The second-order valence-electron chi connectivity index (χ2n) is 5.91. The van der Waals surface area contributed by atoms with Crippen molar-refractivity contribution in [3.63, 3.8) is 0 Å². The van der Waals surface area contributed by atoms with Crippen LogP contribution in [0.5, 0.6) is 0 Å². The Labute approximate surface area is 138 Å². The lowest BCUT2D eigenvalue weighted by molar-refractivity contribution is 0.400. The summed E-state index contributed by atoms with van der Waals surface area (Å²) in [5, 5.41) is 9.11. The van der Waals surface area contributed by atoms with Gasteiger partial charge >= 0.3 is 0 Å². The van der Waals surface area contributed by atoms with Crippen LogP contribution in [-0.4, -0.2) is 37.9 Å². The highest BCUT2D eigenvalue weighted by Gasteiger charge is 2.28. The molecular weight excluding hydrogens is 330 g/mol. The maximum absolute atomic E-state index is 12.8. The molecular formula is C14H17N7O2S. The molecule has 0 saturated heterocycles. The number of rotatable bonds is 3. The third-order valence-electron chi connectivity index (χ3n) is 4.27. The van der Waals surface area contributed by atoms with Crippen molar-refractivity contribution in [2.45, 2.75) is 37.2 Å². The lowest BCUT2D eigenvalue weighted by atomic mass is 10.1. The van der Waals surface area contributed by atoms with E-state index in [1.165, 1.54) is 12.5 Å². The monoisotopic (exact) mass is 347 g/mol. The van der Waals surface area contributed by atoms with E-state index in [4.69, 9.17) is 0 Å². The molecule has 126 valence electrons. The van der Waals surface area contributed by atoms with E-state index >= 15 is 0 Å². The number of hydrogen-bond donors (Lipinski definition) is 1. The predicted octanol–water partition coefficient (Wildman–Crippen LogP) is 0.682. The fourth-order valence-electron chi connectivity index (χ4n) is 3.09. The highest BCUT2D eigenvalue weighted by atomic mass is 32.2. The van der Waals surface area contributed by atoms with Gasteiger partial charge in [0.15, 0.2) is 5.65 Å². The van der Waals surface area contributed by atoms with Crippen molar-refractivity contribution in [3.05, 3.63) is 30.1 Å². The van der Waals surface area contributed by atoms with Gasteiger partial charge in [-0.25, -0.2) is 27.8 Å². The Kier molecular flexibility index (Phi) is 3.39. The quantitative estimate of drug-likeness (QED) is 0.746. The molecule has 9 nitrogen and oxygen atoms in total. The fourth-order valence-corrected chi connectivity index (χ4v) is 4.29. The minimum Gasteiger partial charge on any atom is -0.250 e. The molecule has 0 amide bonds. The number of aryl methyl sites for hydroxylation is 3. The van der Waals surface area contributed by atoms with Gasteiger partial charge in [-0.05, 0) is 25.8 Å². The number of hydrogen-bond acceptors (Lipinski definition) is 6. The largest absolute Gasteiger partial charge is 0.250 e. The van der Waals surface area contributed by atoms with Crippen molar-refractivity contribution in [1.82, 2.24) is 34.3 Å². The van der Waals surface area contributed by atoms with Gasteiger partial charge in [0, 0.05) is 25.2 Å². The molecule has 0 unspecified atom stereocenters. The first-order valence-corrected chi connectivity index (χ1v) is 9.13. The van der Waals surface area contributed by atoms with Gasteiger partial charge in [-0.15, -0.1) is 0 Å². The molecule has 0 fully saturated rings. The van der Waals surface area contributed by atoms with E-state index in [0.29, 0.717) is 17.9 Å². The summed E-state index contributed by atoms with van der Waals surface area (Å²) in [7, 11) is -1.93. The molecule has 1 aliphatic rings. The van der Waals surface area contributed by atoms with E-state index in [1.54, 1.807) is 22.5 Å². The molecule has 3 aromatic rings. The van der Waals surface area contributed by atoms with Crippen LogP contribution in [0.2, 0.25) is 0 Å². The summed E-state index contributed by atoms with van der Waals surface area (Å²) in [6.45, 7) is 2.59. The third kappa shape index (κ3) is 2.38. The zero-order valence-electron chi connectivity index (χ0n) is 13.3. The van der Waals surface area contributed by atoms with Crippen LogP contribution in [0.25, 0.3) is 11.0 Å². The summed E-state index contributed by atoms with van der Waals surface area (Å²) in [6, 6.07) is 1.23. The summed E-state index contributed by atoms with van der Waals surface area (Å²) < 4.78 is 31.6. The van der Waals surface area contributed by atoms with Crippen molar-refractivity contribution in [2.75, 3.05) is 0 Å². The van der Waals surface area contributed by atoms with Crippen LogP contribution >= 0.6 is 0 Å². The van der Waals surface area contributed by atoms with Crippen molar-refractivity contribution >= 4 is 21.1 Å². The number of fused-ring (bicyclic) bond motifs is 2. The molecule has 24 heavy (non-hydrogen) atoms. The van der Waals surface area contributed by atoms with Gasteiger partial charge in [0.1, 0.15) is 17.0 Å². The Hall–Kier alpha value is -2.33. The Bertz CT molecular complexity index is 1020. The van der Waals surface area contributed by atoms with E-state index < -0.39 is 10.0 Å². The third-order valence-corrected chi connectivity index (χ3v) is 5.70. The lowest BCUT2D eigenvalue weighted by Gasteiger charge is -2.22. The smallest absolute Gasteiger partial charge is 0.242 e.